The first-order valence-electron chi connectivity index (χ1n) is 6.92. The van der Waals surface area contributed by atoms with Crippen LogP contribution >= 0.6 is 11.6 Å². The van der Waals surface area contributed by atoms with Crippen LogP contribution in [0.15, 0.2) is 24.3 Å². The number of rotatable bonds is 2. The van der Waals surface area contributed by atoms with E-state index in [2.05, 4.69) is 48.0 Å². The summed E-state index contributed by atoms with van der Waals surface area (Å²) in [6.45, 7) is 7.95. The molecular formula is C16H18ClN3. The number of hydrogen-bond acceptors (Lipinski definition) is 3. The van der Waals surface area contributed by atoms with E-state index in [9.17, 15) is 0 Å². The van der Waals surface area contributed by atoms with Gasteiger partial charge < -0.3 is 4.90 Å². The van der Waals surface area contributed by atoms with Gasteiger partial charge in [0.15, 0.2) is 0 Å². The summed E-state index contributed by atoms with van der Waals surface area (Å²) in [7, 11) is 0. The fourth-order valence-corrected chi connectivity index (χ4v) is 2.71. The standard InChI is InChI=1S/C16H18ClN3/c1-10(2)15-18-14(17)11(3)16(19-15)20-8-12-6-4-5-7-13(12)9-20/h4-7,10H,8-9H2,1-3H3. The summed E-state index contributed by atoms with van der Waals surface area (Å²) >= 11 is 6.28. The van der Waals surface area contributed by atoms with E-state index in [0.717, 1.165) is 30.3 Å². The molecule has 2 heterocycles. The van der Waals surface area contributed by atoms with Crippen LogP contribution in [-0.2, 0) is 13.1 Å². The first-order chi connectivity index (χ1) is 9.56. The second-order valence-corrected chi connectivity index (χ2v) is 5.96. The Labute approximate surface area is 124 Å². The Hall–Kier alpha value is -1.61. The Bertz CT molecular complexity index is 627. The molecule has 0 saturated carbocycles. The summed E-state index contributed by atoms with van der Waals surface area (Å²) in [5.41, 5.74) is 3.70. The van der Waals surface area contributed by atoms with Crippen LogP contribution in [0.1, 0.15) is 42.3 Å². The van der Waals surface area contributed by atoms with Gasteiger partial charge in [-0.3, -0.25) is 0 Å². The molecule has 2 aromatic rings. The molecule has 3 nitrogen and oxygen atoms in total. The average Bonchev–Trinajstić information content (AvgIpc) is 2.84. The second kappa shape index (κ2) is 5.06. The van der Waals surface area contributed by atoms with Gasteiger partial charge in [0.1, 0.15) is 16.8 Å². The van der Waals surface area contributed by atoms with Gasteiger partial charge in [-0.2, -0.15) is 0 Å². The van der Waals surface area contributed by atoms with Crippen LogP contribution in [0, 0.1) is 6.92 Å². The Morgan fingerprint density at radius 2 is 1.70 bits per heavy atom. The maximum atomic E-state index is 6.28. The third-order valence-corrected chi connectivity index (χ3v) is 4.10. The van der Waals surface area contributed by atoms with Gasteiger partial charge in [-0.05, 0) is 18.1 Å². The molecule has 1 aromatic carbocycles. The van der Waals surface area contributed by atoms with Gasteiger partial charge in [0.2, 0.25) is 0 Å². The lowest BCUT2D eigenvalue weighted by molar-refractivity contribution is 0.751. The molecule has 0 atom stereocenters. The zero-order valence-corrected chi connectivity index (χ0v) is 12.8. The minimum Gasteiger partial charge on any atom is -0.348 e. The van der Waals surface area contributed by atoms with Crippen LogP contribution in [0.4, 0.5) is 5.82 Å². The summed E-state index contributed by atoms with van der Waals surface area (Å²) < 4.78 is 0. The largest absolute Gasteiger partial charge is 0.348 e. The van der Waals surface area contributed by atoms with Crippen molar-refractivity contribution in [2.24, 2.45) is 0 Å². The van der Waals surface area contributed by atoms with Crippen LogP contribution in [0.5, 0.6) is 0 Å². The number of nitrogens with zero attached hydrogens (tertiary/aromatic N) is 3. The number of halogens is 1. The van der Waals surface area contributed by atoms with Gasteiger partial charge in [0, 0.05) is 24.6 Å². The Balaban J connectivity index is 2.00. The van der Waals surface area contributed by atoms with Gasteiger partial charge in [-0.1, -0.05) is 49.7 Å². The maximum absolute atomic E-state index is 6.28. The lowest BCUT2D eigenvalue weighted by Crippen LogP contribution is -2.19. The maximum Gasteiger partial charge on any atom is 0.137 e. The van der Waals surface area contributed by atoms with Crippen molar-refractivity contribution in [1.82, 2.24) is 9.97 Å². The Morgan fingerprint density at radius 3 is 2.25 bits per heavy atom. The van der Waals surface area contributed by atoms with Crippen LogP contribution < -0.4 is 4.90 Å². The van der Waals surface area contributed by atoms with Gasteiger partial charge in [0.05, 0.1) is 0 Å². The van der Waals surface area contributed by atoms with Crippen molar-refractivity contribution in [2.45, 2.75) is 39.8 Å². The number of aromatic nitrogens is 2. The number of fused-ring (bicyclic) bond motifs is 1. The highest BCUT2D eigenvalue weighted by Crippen LogP contribution is 2.32. The highest BCUT2D eigenvalue weighted by atomic mass is 35.5. The molecule has 0 fully saturated rings. The Morgan fingerprint density at radius 1 is 1.10 bits per heavy atom. The van der Waals surface area contributed by atoms with Gasteiger partial charge >= 0.3 is 0 Å². The van der Waals surface area contributed by atoms with Crippen molar-refractivity contribution in [3.05, 3.63) is 51.9 Å². The molecule has 0 amide bonds. The van der Waals surface area contributed by atoms with Crippen molar-refractivity contribution in [2.75, 3.05) is 4.90 Å². The first-order valence-corrected chi connectivity index (χ1v) is 7.30. The SMILES string of the molecule is Cc1c(Cl)nc(C(C)C)nc1N1Cc2ccccc2C1. The van der Waals surface area contributed by atoms with Crippen molar-refractivity contribution in [1.29, 1.82) is 0 Å². The fourth-order valence-electron chi connectivity index (χ4n) is 2.54. The number of hydrogen-bond donors (Lipinski definition) is 0. The molecule has 1 aliphatic rings. The molecule has 0 unspecified atom stereocenters. The smallest absolute Gasteiger partial charge is 0.137 e. The molecule has 0 N–H and O–H groups in total. The van der Waals surface area contributed by atoms with Crippen molar-refractivity contribution in [3.63, 3.8) is 0 Å². The van der Waals surface area contributed by atoms with Gasteiger partial charge in [0.25, 0.3) is 0 Å². The van der Waals surface area contributed by atoms with E-state index < -0.39 is 0 Å². The summed E-state index contributed by atoms with van der Waals surface area (Å²) in [6, 6.07) is 8.52. The lowest BCUT2D eigenvalue weighted by atomic mass is 10.1. The highest BCUT2D eigenvalue weighted by molar-refractivity contribution is 6.30. The fraction of sp³-hybridized carbons (Fsp3) is 0.375. The second-order valence-electron chi connectivity index (χ2n) is 5.60. The van der Waals surface area contributed by atoms with E-state index >= 15 is 0 Å². The van der Waals surface area contributed by atoms with E-state index in [4.69, 9.17) is 16.6 Å². The zero-order chi connectivity index (χ0) is 14.3. The predicted octanol–water partition coefficient (Wildman–Crippen LogP) is 4.08. The zero-order valence-electron chi connectivity index (χ0n) is 12.0. The topological polar surface area (TPSA) is 29.0 Å². The van der Waals surface area contributed by atoms with E-state index in [1.807, 2.05) is 6.92 Å². The molecule has 3 rings (SSSR count). The minimum absolute atomic E-state index is 0.275. The van der Waals surface area contributed by atoms with Gasteiger partial charge in [-0.25, -0.2) is 9.97 Å². The Kier molecular flexibility index (Phi) is 3.38. The molecule has 0 saturated heterocycles. The molecule has 20 heavy (non-hydrogen) atoms. The lowest BCUT2D eigenvalue weighted by Gasteiger charge is -2.20. The number of benzene rings is 1. The molecule has 0 radical (unpaired) electrons. The van der Waals surface area contributed by atoms with E-state index in [1.165, 1.54) is 11.1 Å². The molecular weight excluding hydrogens is 270 g/mol. The molecule has 0 spiro atoms. The molecule has 0 bridgehead atoms. The average molecular weight is 288 g/mol. The molecule has 1 aromatic heterocycles. The summed E-state index contributed by atoms with van der Waals surface area (Å²) in [4.78, 5) is 11.4. The summed E-state index contributed by atoms with van der Waals surface area (Å²) in [6.07, 6.45) is 0. The van der Waals surface area contributed by atoms with Crippen LogP contribution in [0.3, 0.4) is 0 Å². The summed E-state index contributed by atoms with van der Waals surface area (Å²) in [5.74, 6) is 2.05. The normalized spacial score (nSPS) is 13.9. The van der Waals surface area contributed by atoms with Crippen molar-refractivity contribution in [3.8, 4) is 0 Å². The first kappa shape index (κ1) is 13.4. The van der Waals surface area contributed by atoms with Crippen molar-refractivity contribution < 1.29 is 0 Å². The van der Waals surface area contributed by atoms with Crippen molar-refractivity contribution >= 4 is 17.4 Å². The third kappa shape index (κ3) is 2.27. The molecule has 0 aliphatic carbocycles. The highest BCUT2D eigenvalue weighted by Gasteiger charge is 2.23. The molecule has 104 valence electrons. The third-order valence-electron chi connectivity index (χ3n) is 3.73. The summed E-state index contributed by atoms with van der Waals surface area (Å²) in [5, 5.41) is 0.564. The van der Waals surface area contributed by atoms with Crippen LogP contribution in [0.2, 0.25) is 5.15 Å². The molecule has 1 aliphatic heterocycles. The van der Waals surface area contributed by atoms with Crippen LogP contribution in [-0.4, -0.2) is 9.97 Å². The number of anilines is 1. The monoisotopic (exact) mass is 287 g/mol. The quantitative estimate of drug-likeness (QED) is 0.779. The molecule has 4 heteroatoms. The van der Waals surface area contributed by atoms with E-state index in [0.29, 0.717) is 5.15 Å². The van der Waals surface area contributed by atoms with Crippen LogP contribution in [0.25, 0.3) is 0 Å². The van der Waals surface area contributed by atoms with Gasteiger partial charge in [-0.15, -0.1) is 0 Å². The predicted molar refractivity (Wildman–Crippen MR) is 82.2 cm³/mol. The van der Waals surface area contributed by atoms with E-state index in [-0.39, 0.29) is 5.92 Å². The minimum atomic E-state index is 0.275. The van der Waals surface area contributed by atoms with E-state index in [1.54, 1.807) is 0 Å².